The summed E-state index contributed by atoms with van der Waals surface area (Å²) in [5, 5.41) is 8.67. The molecule has 0 spiro atoms. The van der Waals surface area contributed by atoms with Crippen molar-refractivity contribution in [2.24, 2.45) is 5.73 Å². The highest BCUT2D eigenvalue weighted by molar-refractivity contribution is 5.88. The fourth-order valence-electron chi connectivity index (χ4n) is 1.55. The lowest BCUT2D eigenvalue weighted by Gasteiger charge is -2.16. The van der Waals surface area contributed by atoms with E-state index in [0.717, 1.165) is 37.7 Å². The van der Waals surface area contributed by atoms with Crippen molar-refractivity contribution < 1.29 is 14.6 Å². The first-order valence-corrected chi connectivity index (χ1v) is 6.84. The predicted octanol–water partition coefficient (Wildman–Crippen LogP) is 2.15. The van der Waals surface area contributed by atoms with Crippen molar-refractivity contribution in [1.82, 2.24) is 0 Å². The number of ether oxygens (including phenoxy) is 1. The first-order chi connectivity index (χ1) is 8.54. The lowest BCUT2D eigenvalue weighted by molar-refractivity contribution is -0.138. The summed E-state index contributed by atoms with van der Waals surface area (Å²) in [6.45, 7) is 6.22. The summed E-state index contributed by atoms with van der Waals surface area (Å²) < 4.78 is 4.87. The van der Waals surface area contributed by atoms with E-state index in [4.69, 9.17) is 15.6 Å². The Morgan fingerprint density at radius 3 is 2.44 bits per heavy atom. The Morgan fingerprint density at radius 1 is 1.50 bits per heavy atom. The molecule has 1 unspecified atom stereocenters. The van der Waals surface area contributed by atoms with Crippen LogP contribution in [0, 0.1) is 0 Å². The summed E-state index contributed by atoms with van der Waals surface area (Å²) >= 11 is 0. The van der Waals surface area contributed by atoms with Crippen molar-refractivity contribution in [3.05, 3.63) is 11.6 Å². The van der Waals surface area contributed by atoms with Crippen LogP contribution in [0.15, 0.2) is 11.6 Å². The zero-order chi connectivity index (χ0) is 14.0. The topological polar surface area (TPSA) is 72.5 Å². The van der Waals surface area contributed by atoms with Gasteiger partial charge in [-0.2, -0.15) is 0 Å². The molecule has 4 heteroatoms. The minimum Gasteiger partial charge on any atom is -0.463 e. The van der Waals surface area contributed by atoms with Crippen molar-refractivity contribution in [3.63, 3.8) is 0 Å². The summed E-state index contributed by atoms with van der Waals surface area (Å²) in [5.41, 5.74) is 6.46. The first-order valence-electron chi connectivity index (χ1n) is 6.84. The molecule has 0 bridgehead atoms. The number of carbonyl (C=O) groups excluding carboxylic acids is 1. The van der Waals surface area contributed by atoms with E-state index >= 15 is 0 Å². The molecule has 0 aliphatic heterocycles. The van der Waals surface area contributed by atoms with Crippen molar-refractivity contribution in [2.75, 3.05) is 6.61 Å². The molecule has 4 nitrogen and oxygen atoms in total. The largest absolute Gasteiger partial charge is 0.463 e. The fourth-order valence-corrected chi connectivity index (χ4v) is 1.55. The standard InChI is InChI=1S/C9H15NO2.C5H12O/c1-2-12-9(11)7-3-5-8(10)6-4-7;1-3-5(6)4-2/h3,8H,2,4-6,10H2,1H3;5-6H,3-4H2,1-2H3. The third-order valence-electron chi connectivity index (χ3n) is 2.93. The van der Waals surface area contributed by atoms with Crippen LogP contribution < -0.4 is 5.73 Å². The third-order valence-corrected chi connectivity index (χ3v) is 2.93. The van der Waals surface area contributed by atoms with E-state index in [9.17, 15) is 4.79 Å². The molecule has 0 aromatic heterocycles. The van der Waals surface area contributed by atoms with E-state index in [1.54, 1.807) is 0 Å². The maximum atomic E-state index is 11.2. The van der Waals surface area contributed by atoms with Crippen molar-refractivity contribution >= 4 is 5.97 Å². The van der Waals surface area contributed by atoms with E-state index in [1.807, 2.05) is 26.8 Å². The van der Waals surface area contributed by atoms with Crippen LogP contribution in [0.25, 0.3) is 0 Å². The van der Waals surface area contributed by atoms with Crippen molar-refractivity contribution in [3.8, 4) is 0 Å². The zero-order valence-electron chi connectivity index (χ0n) is 11.8. The molecule has 1 rings (SSSR count). The summed E-state index contributed by atoms with van der Waals surface area (Å²) in [7, 11) is 0. The van der Waals surface area contributed by atoms with Gasteiger partial charge in [0.1, 0.15) is 0 Å². The summed E-state index contributed by atoms with van der Waals surface area (Å²) in [6, 6.07) is 0.225. The van der Waals surface area contributed by atoms with Crippen LogP contribution in [-0.2, 0) is 9.53 Å². The fraction of sp³-hybridized carbons (Fsp3) is 0.786. The Balaban J connectivity index is 0.000000411. The lowest BCUT2D eigenvalue weighted by atomic mass is 9.96. The molecule has 1 aliphatic carbocycles. The molecule has 0 radical (unpaired) electrons. The molecule has 0 fully saturated rings. The van der Waals surface area contributed by atoms with Gasteiger partial charge in [-0.3, -0.25) is 0 Å². The number of rotatable bonds is 4. The Bertz CT molecular complexity index is 260. The van der Waals surface area contributed by atoms with Gasteiger partial charge >= 0.3 is 5.97 Å². The Hall–Kier alpha value is -0.870. The van der Waals surface area contributed by atoms with Crippen LogP contribution >= 0.6 is 0 Å². The summed E-state index contributed by atoms with van der Waals surface area (Å²) in [6.07, 6.45) is 6.06. The lowest BCUT2D eigenvalue weighted by Crippen LogP contribution is -2.24. The molecule has 1 atom stereocenters. The van der Waals surface area contributed by atoms with E-state index < -0.39 is 0 Å². The van der Waals surface area contributed by atoms with Gasteiger partial charge in [0.05, 0.1) is 12.7 Å². The number of hydrogen-bond acceptors (Lipinski definition) is 4. The predicted molar refractivity (Wildman–Crippen MR) is 73.1 cm³/mol. The van der Waals surface area contributed by atoms with Gasteiger partial charge in [0.15, 0.2) is 0 Å². The second kappa shape index (κ2) is 10.1. The van der Waals surface area contributed by atoms with Crippen LogP contribution in [0.2, 0.25) is 0 Å². The summed E-state index contributed by atoms with van der Waals surface area (Å²) in [4.78, 5) is 11.2. The molecule has 0 amide bonds. The molecule has 3 N–H and O–H groups in total. The highest BCUT2D eigenvalue weighted by Crippen LogP contribution is 2.17. The monoisotopic (exact) mass is 257 g/mol. The maximum Gasteiger partial charge on any atom is 0.333 e. The van der Waals surface area contributed by atoms with E-state index in [-0.39, 0.29) is 18.1 Å². The van der Waals surface area contributed by atoms with Gasteiger partial charge in [-0.15, -0.1) is 0 Å². The van der Waals surface area contributed by atoms with Gasteiger partial charge in [-0.05, 0) is 39.0 Å². The number of carbonyl (C=O) groups is 1. The van der Waals surface area contributed by atoms with Gasteiger partial charge < -0.3 is 15.6 Å². The molecule has 1 aliphatic rings. The second-order valence-corrected chi connectivity index (χ2v) is 4.45. The molecule has 0 saturated carbocycles. The number of aliphatic hydroxyl groups excluding tert-OH is 1. The normalized spacial score (nSPS) is 18.8. The Morgan fingerprint density at radius 2 is 2.11 bits per heavy atom. The van der Waals surface area contributed by atoms with Gasteiger partial charge in [-0.25, -0.2) is 4.79 Å². The molecule has 0 aromatic carbocycles. The van der Waals surface area contributed by atoms with Crippen LogP contribution in [0.4, 0.5) is 0 Å². The van der Waals surface area contributed by atoms with E-state index in [2.05, 4.69) is 0 Å². The van der Waals surface area contributed by atoms with Crippen LogP contribution in [0.1, 0.15) is 52.9 Å². The van der Waals surface area contributed by atoms with E-state index in [1.165, 1.54) is 0 Å². The summed E-state index contributed by atoms with van der Waals surface area (Å²) in [5.74, 6) is -0.176. The number of aliphatic hydroxyl groups is 1. The quantitative estimate of drug-likeness (QED) is 0.757. The maximum absolute atomic E-state index is 11.2. The van der Waals surface area contributed by atoms with Crippen molar-refractivity contribution in [2.45, 2.75) is 65.0 Å². The third kappa shape index (κ3) is 7.45. The number of nitrogens with two attached hydrogens (primary N) is 1. The molecular formula is C14H27NO3. The molecule has 0 aromatic rings. The number of hydrogen-bond donors (Lipinski definition) is 2. The van der Waals surface area contributed by atoms with Crippen LogP contribution in [-0.4, -0.2) is 29.8 Å². The SMILES string of the molecule is CCC(O)CC.CCOC(=O)C1=CCC(N)CC1. The molecule has 0 saturated heterocycles. The second-order valence-electron chi connectivity index (χ2n) is 4.45. The van der Waals surface area contributed by atoms with Crippen molar-refractivity contribution in [1.29, 1.82) is 0 Å². The van der Waals surface area contributed by atoms with Gasteiger partial charge in [0.2, 0.25) is 0 Å². The Kier molecular flexibility index (Phi) is 9.60. The van der Waals surface area contributed by atoms with Crippen LogP contribution in [0.3, 0.4) is 0 Å². The van der Waals surface area contributed by atoms with Gasteiger partial charge in [0, 0.05) is 11.6 Å². The minimum atomic E-state index is -0.176. The van der Waals surface area contributed by atoms with Gasteiger partial charge in [-0.1, -0.05) is 19.9 Å². The molecule has 0 heterocycles. The van der Waals surface area contributed by atoms with Gasteiger partial charge in [0.25, 0.3) is 0 Å². The molecular weight excluding hydrogens is 230 g/mol. The zero-order valence-corrected chi connectivity index (χ0v) is 11.8. The Labute approximate surface area is 110 Å². The van der Waals surface area contributed by atoms with Crippen LogP contribution in [0.5, 0.6) is 0 Å². The molecule has 106 valence electrons. The first kappa shape index (κ1) is 17.1. The highest BCUT2D eigenvalue weighted by atomic mass is 16.5. The number of esters is 1. The van der Waals surface area contributed by atoms with E-state index in [0.29, 0.717) is 6.61 Å². The minimum absolute atomic E-state index is 0.0648. The highest BCUT2D eigenvalue weighted by Gasteiger charge is 2.16. The smallest absolute Gasteiger partial charge is 0.333 e. The molecule has 18 heavy (non-hydrogen) atoms. The average Bonchev–Trinajstić information content (AvgIpc) is 2.39. The average molecular weight is 257 g/mol.